The zero-order valence-corrected chi connectivity index (χ0v) is 17.9. The fraction of sp³-hybridized carbons (Fsp3) is 0.652. The summed E-state index contributed by atoms with van der Waals surface area (Å²) >= 11 is 0. The lowest BCUT2D eigenvalue weighted by Crippen LogP contribution is -2.39. The average Bonchev–Trinajstić information content (AvgIpc) is 3.17. The van der Waals surface area contributed by atoms with Crippen LogP contribution >= 0.6 is 0 Å². The number of carbonyl (C=O) groups excluding carboxylic acids is 1. The molecule has 1 aromatic rings. The molecule has 0 aromatic heterocycles. The molecule has 2 rings (SSSR count). The fourth-order valence-corrected chi connectivity index (χ4v) is 3.67. The summed E-state index contributed by atoms with van der Waals surface area (Å²) in [6.45, 7) is 5.14. The number of unbranched alkanes of at least 4 members (excludes halogenated alkanes) is 6. The average molecular weight is 388 g/mol. The first-order valence-electron chi connectivity index (χ1n) is 11.0. The Hall–Kier alpha value is -2.04. The maximum Gasteiger partial charge on any atom is 0.413 e. The van der Waals surface area contributed by atoms with E-state index in [1.807, 2.05) is 0 Å². The van der Waals surface area contributed by atoms with Gasteiger partial charge >= 0.3 is 6.09 Å². The van der Waals surface area contributed by atoms with Crippen molar-refractivity contribution < 1.29 is 9.53 Å². The zero-order valence-electron chi connectivity index (χ0n) is 17.9. The van der Waals surface area contributed by atoms with Crippen molar-refractivity contribution in [3.63, 3.8) is 0 Å². The molecule has 0 saturated carbocycles. The van der Waals surface area contributed by atoms with Crippen LogP contribution < -0.4 is 10.6 Å². The molecule has 1 atom stereocenters. The number of aryl methyl sites for hydroxylation is 2. The lowest BCUT2D eigenvalue weighted by molar-refractivity contribution is 0.176. The predicted molar refractivity (Wildman–Crippen MR) is 116 cm³/mol. The fourth-order valence-electron chi connectivity index (χ4n) is 3.67. The number of benzene rings is 1. The molecule has 0 saturated heterocycles. The number of hydrogen-bond acceptors (Lipinski definition) is 4. The third kappa shape index (κ3) is 7.17. The Kier molecular flexibility index (Phi) is 9.87. The molecule has 28 heavy (non-hydrogen) atoms. The van der Waals surface area contributed by atoms with Crippen molar-refractivity contribution in [2.24, 2.45) is 4.99 Å². The Balaban J connectivity index is 2.01. The maximum atomic E-state index is 11.4. The van der Waals surface area contributed by atoms with E-state index in [1.54, 1.807) is 0 Å². The van der Waals surface area contributed by atoms with Crippen LogP contribution in [-0.2, 0) is 17.6 Å². The van der Waals surface area contributed by atoms with Crippen molar-refractivity contribution in [2.45, 2.75) is 84.1 Å². The SMILES string of the molecule is CCCCCCc1ccc(C2CN=C(NC(=O)OC)N2)cc1CCCCCC. The van der Waals surface area contributed by atoms with Crippen LogP contribution in [0.25, 0.3) is 0 Å². The van der Waals surface area contributed by atoms with Gasteiger partial charge in [0.25, 0.3) is 0 Å². The molecule has 1 aliphatic rings. The van der Waals surface area contributed by atoms with Gasteiger partial charge in [0.2, 0.25) is 5.96 Å². The Morgan fingerprint density at radius 1 is 1.07 bits per heavy atom. The molecule has 0 radical (unpaired) electrons. The highest BCUT2D eigenvalue weighted by atomic mass is 16.5. The first-order chi connectivity index (χ1) is 13.7. The third-order valence-electron chi connectivity index (χ3n) is 5.38. The number of nitrogens with zero attached hydrogens (tertiary/aromatic N) is 1. The number of carbonyl (C=O) groups is 1. The molecule has 1 unspecified atom stereocenters. The van der Waals surface area contributed by atoms with E-state index < -0.39 is 6.09 Å². The lowest BCUT2D eigenvalue weighted by Gasteiger charge is -2.17. The van der Waals surface area contributed by atoms with E-state index in [0.717, 1.165) is 6.42 Å². The van der Waals surface area contributed by atoms with Gasteiger partial charge in [-0.1, -0.05) is 70.6 Å². The number of nitrogens with one attached hydrogen (secondary N) is 2. The van der Waals surface area contributed by atoms with Crippen molar-refractivity contribution in [1.82, 2.24) is 10.6 Å². The number of alkyl carbamates (subject to hydrolysis) is 1. The van der Waals surface area contributed by atoms with Gasteiger partial charge in [-0.05, 0) is 42.4 Å². The second-order valence-corrected chi connectivity index (χ2v) is 7.65. The molecule has 1 amide bonds. The standard InChI is InChI=1S/C23H37N3O2/c1-4-6-8-10-12-18-14-15-20(16-19(18)13-11-9-7-5-2)21-17-24-22(25-21)26-23(27)28-3/h14-16,21H,4-13,17H2,1-3H3,(H2,24,25,26,27). The molecular weight excluding hydrogens is 350 g/mol. The third-order valence-corrected chi connectivity index (χ3v) is 5.38. The van der Waals surface area contributed by atoms with Gasteiger partial charge < -0.3 is 10.1 Å². The highest BCUT2D eigenvalue weighted by molar-refractivity contribution is 5.94. The van der Waals surface area contributed by atoms with E-state index >= 15 is 0 Å². The van der Waals surface area contributed by atoms with Gasteiger partial charge in [-0.3, -0.25) is 10.3 Å². The van der Waals surface area contributed by atoms with Gasteiger partial charge in [0, 0.05) is 0 Å². The van der Waals surface area contributed by atoms with E-state index in [-0.39, 0.29) is 6.04 Å². The van der Waals surface area contributed by atoms with Crippen molar-refractivity contribution in [3.8, 4) is 0 Å². The Morgan fingerprint density at radius 3 is 2.39 bits per heavy atom. The zero-order chi connectivity index (χ0) is 20.2. The van der Waals surface area contributed by atoms with Crippen LogP contribution in [0, 0.1) is 0 Å². The minimum absolute atomic E-state index is 0.107. The molecule has 1 aromatic carbocycles. The topological polar surface area (TPSA) is 62.7 Å². The number of hydrogen-bond donors (Lipinski definition) is 2. The summed E-state index contributed by atoms with van der Waals surface area (Å²) in [5.74, 6) is 0.491. The molecular formula is C23H37N3O2. The van der Waals surface area contributed by atoms with Crippen LogP contribution in [0.4, 0.5) is 4.79 Å². The molecule has 0 aliphatic carbocycles. The number of guanidine groups is 1. The van der Waals surface area contributed by atoms with Gasteiger partial charge in [-0.2, -0.15) is 0 Å². The lowest BCUT2D eigenvalue weighted by atomic mass is 9.93. The van der Waals surface area contributed by atoms with Crippen LogP contribution in [0.3, 0.4) is 0 Å². The largest absolute Gasteiger partial charge is 0.453 e. The highest BCUT2D eigenvalue weighted by Gasteiger charge is 2.21. The molecule has 5 nitrogen and oxygen atoms in total. The van der Waals surface area contributed by atoms with Crippen molar-refractivity contribution >= 4 is 12.1 Å². The summed E-state index contributed by atoms with van der Waals surface area (Å²) in [4.78, 5) is 15.8. The van der Waals surface area contributed by atoms with Gasteiger partial charge in [-0.15, -0.1) is 0 Å². The van der Waals surface area contributed by atoms with E-state index in [1.165, 1.54) is 81.6 Å². The summed E-state index contributed by atoms with van der Waals surface area (Å²) in [6.07, 6.45) is 12.1. The highest BCUT2D eigenvalue weighted by Crippen LogP contribution is 2.24. The Bertz CT molecular complexity index is 643. The van der Waals surface area contributed by atoms with E-state index in [4.69, 9.17) is 0 Å². The number of aliphatic imine (C=N–C) groups is 1. The van der Waals surface area contributed by atoms with Gasteiger partial charge in [0.15, 0.2) is 0 Å². The Morgan fingerprint density at radius 2 is 1.75 bits per heavy atom. The smallest absolute Gasteiger partial charge is 0.413 e. The van der Waals surface area contributed by atoms with Gasteiger partial charge in [-0.25, -0.2) is 4.79 Å². The summed E-state index contributed by atoms with van der Waals surface area (Å²) < 4.78 is 4.64. The molecule has 2 N–H and O–H groups in total. The molecule has 0 fully saturated rings. The molecule has 0 spiro atoms. The second-order valence-electron chi connectivity index (χ2n) is 7.65. The van der Waals surface area contributed by atoms with Crippen LogP contribution in [0.2, 0.25) is 0 Å². The van der Waals surface area contributed by atoms with Crippen LogP contribution in [0.15, 0.2) is 23.2 Å². The second kappa shape index (κ2) is 12.4. The van der Waals surface area contributed by atoms with Crippen molar-refractivity contribution in [1.29, 1.82) is 0 Å². The minimum atomic E-state index is -0.494. The first kappa shape index (κ1) is 22.3. The van der Waals surface area contributed by atoms with E-state index in [9.17, 15) is 4.79 Å². The molecule has 1 heterocycles. The molecule has 1 aliphatic heterocycles. The van der Waals surface area contributed by atoms with Crippen molar-refractivity contribution in [3.05, 3.63) is 34.9 Å². The van der Waals surface area contributed by atoms with Gasteiger partial charge in [0.1, 0.15) is 0 Å². The summed E-state index contributed by atoms with van der Waals surface area (Å²) in [6, 6.07) is 6.99. The normalized spacial score (nSPS) is 15.8. The van der Waals surface area contributed by atoms with Crippen LogP contribution in [-0.4, -0.2) is 25.7 Å². The van der Waals surface area contributed by atoms with Gasteiger partial charge in [0.05, 0.1) is 19.7 Å². The summed E-state index contributed by atoms with van der Waals surface area (Å²) in [5.41, 5.74) is 4.23. The number of amides is 1. The predicted octanol–water partition coefficient (Wildman–Crippen LogP) is 5.29. The molecule has 156 valence electrons. The maximum absolute atomic E-state index is 11.4. The Labute approximate surface area is 170 Å². The van der Waals surface area contributed by atoms with E-state index in [0.29, 0.717) is 12.5 Å². The first-order valence-corrected chi connectivity index (χ1v) is 11.0. The number of ether oxygens (including phenoxy) is 1. The molecule has 5 heteroatoms. The van der Waals surface area contributed by atoms with Crippen LogP contribution in [0.1, 0.15) is 87.9 Å². The summed E-state index contributed by atoms with van der Waals surface area (Å²) in [5, 5.41) is 5.91. The van der Waals surface area contributed by atoms with Crippen molar-refractivity contribution in [2.75, 3.05) is 13.7 Å². The number of rotatable bonds is 11. The van der Waals surface area contributed by atoms with Crippen LogP contribution in [0.5, 0.6) is 0 Å². The minimum Gasteiger partial charge on any atom is -0.453 e. The quantitative estimate of drug-likeness (QED) is 0.507. The number of methoxy groups -OCH3 is 1. The molecule has 0 bridgehead atoms. The monoisotopic (exact) mass is 387 g/mol. The summed E-state index contributed by atoms with van der Waals surface area (Å²) in [7, 11) is 1.35. The van der Waals surface area contributed by atoms with E-state index in [2.05, 4.69) is 52.4 Å².